The summed E-state index contributed by atoms with van der Waals surface area (Å²) < 4.78 is 16.2. The average Bonchev–Trinajstić information content (AvgIpc) is 3.08. The first kappa shape index (κ1) is 15.3. The topological polar surface area (TPSA) is 69.0 Å². The van der Waals surface area contributed by atoms with Gasteiger partial charge in [-0.15, -0.1) is 0 Å². The third kappa shape index (κ3) is 2.82. The van der Waals surface area contributed by atoms with Crippen LogP contribution in [0.25, 0.3) is 11.0 Å². The van der Waals surface area contributed by atoms with E-state index in [1.54, 1.807) is 31.3 Å². The number of hydrogen-bond donors (Lipinski definition) is 0. The SMILES string of the molecule is CN(Cc1ccc2c(c1)OCO2)C(=O)c1cc(=O)c2ccccc2o1. The molecule has 0 radical (unpaired) electrons. The molecule has 126 valence electrons. The van der Waals surface area contributed by atoms with Crippen molar-refractivity contribution in [1.29, 1.82) is 0 Å². The van der Waals surface area contributed by atoms with E-state index in [4.69, 9.17) is 13.9 Å². The van der Waals surface area contributed by atoms with Crippen LogP contribution in [0.1, 0.15) is 16.1 Å². The van der Waals surface area contributed by atoms with Crippen molar-refractivity contribution in [3.63, 3.8) is 0 Å². The van der Waals surface area contributed by atoms with Gasteiger partial charge in [0.25, 0.3) is 5.91 Å². The van der Waals surface area contributed by atoms with Crippen LogP contribution in [-0.2, 0) is 6.54 Å². The number of amides is 1. The molecule has 3 aromatic rings. The second-order valence-corrected chi connectivity index (χ2v) is 5.82. The number of carbonyl (C=O) groups excluding carboxylic acids is 1. The zero-order valence-corrected chi connectivity index (χ0v) is 13.5. The van der Waals surface area contributed by atoms with E-state index < -0.39 is 0 Å². The predicted molar refractivity (Wildman–Crippen MR) is 90.8 cm³/mol. The maximum Gasteiger partial charge on any atom is 0.289 e. The van der Waals surface area contributed by atoms with Gasteiger partial charge in [0, 0.05) is 19.7 Å². The lowest BCUT2D eigenvalue weighted by Gasteiger charge is -2.17. The number of ether oxygens (including phenoxy) is 2. The number of carbonyl (C=O) groups is 1. The van der Waals surface area contributed by atoms with E-state index in [2.05, 4.69) is 0 Å². The molecule has 1 aliphatic rings. The molecule has 0 atom stereocenters. The Morgan fingerprint density at radius 1 is 1.08 bits per heavy atom. The molecule has 1 aromatic heterocycles. The summed E-state index contributed by atoms with van der Waals surface area (Å²) in [4.78, 5) is 26.3. The van der Waals surface area contributed by atoms with Crippen LogP contribution in [0.5, 0.6) is 11.5 Å². The minimum absolute atomic E-state index is 0.0203. The Balaban J connectivity index is 1.59. The Morgan fingerprint density at radius 2 is 1.88 bits per heavy atom. The Labute approximate surface area is 143 Å². The van der Waals surface area contributed by atoms with Crippen molar-refractivity contribution in [2.24, 2.45) is 0 Å². The number of para-hydroxylation sites is 1. The summed E-state index contributed by atoms with van der Waals surface area (Å²) in [5, 5.41) is 0.456. The summed E-state index contributed by atoms with van der Waals surface area (Å²) >= 11 is 0. The minimum atomic E-state index is -0.361. The second kappa shape index (κ2) is 5.98. The molecule has 0 bridgehead atoms. The van der Waals surface area contributed by atoms with Crippen LogP contribution in [0, 0.1) is 0 Å². The summed E-state index contributed by atoms with van der Waals surface area (Å²) in [6.07, 6.45) is 0. The van der Waals surface area contributed by atoms with Gasteiger partial charge in [0.1, 0.15) is 5.58 Å². The van der Waals surface area contributed by atoms with Gasteiger partial charge in [0.15, 0.2) is 22.7 Å². The highest BCUT2D eigenvalue weighted by atomic mass is 16.7. The van der Waals surface area contributed by atoms with E-state index in [9.17, 15) is 9.59 Å². The molecular weight excluding hydrogens is 322 g/mol. The number of hydrogen-bond acceptors (Lipinski definition) is 5. The van der Waals surface area contributed by atoms with Crippen LogP contribution in [0.3, 0.4) is 0 Å². The van der Waals surface area contributed by atoms with Crippen molar-refractivity contribution in [1.82, 2.24) is 4.90 Å². The van der Waals surface area contributed by atoms with Crippen LogP contribution >= 0.6 is 0 Å². The number of fused-ring (bicyclic) bond motifs is 2. The van der Waals surface area contributed by atoms with Gasteiger partial charge in [0.05, 0.1) is 5.39 Å². The van der Waals surface area contributed by atoms with Crippen LogP contribution in [-0.4, -0.2) is 24.6 Å². The van der Waals surface area contributed by atoms with Gasteiger partial charge in [-0.2, -0.15) is 0 Å². The molecule has 4 rings (SSSR count). The van der Waals surface area contributed by atoms with Crippen LogP contribution in [0.15, 0.2) is 57.7 Å². The fourth-order valence-electron chi connectivity index (χ4n) is 2.78. The van der Waals surface area contributed by atoms with E-state index in [1.165, 1.54) is 11.0 Å². The maximum atomic E-state index is 12.6. The lowest BCUT2D eigenvalue weighted by molar-refractivity contribution is 0.0754. The number of rotatable bonds is 3. The normalized spacial score (nSPS) is 12.4. The highest BCUT2D eigenvalue weighted by molar-refractivity contribution is 5.93. The monoisotopic (exact) mass is 337 g/mol. The Hall–Kier alpha value is -3.28. The highest BCUT2D eigenvalue weighted by Gasteiger charge is 2.19. The molecule has 25 heavy (non-hydrogen) atoms. The fourth-order valence-corrected chi connectivity index (χ4v) is 2.78. The van der Waals surface area contributed by atoms with Crippen molar-refractivity contribution in [3.8, 4) is 11.5 Å². The summed E-state index contributed by atoms with van der Waals surface area (Å²) in [6.45, 7) is 0.557. The molecule has 2 heterocycles. The van der Waals surface area contributed by atoms with Gasteiger partial charge < -0.3 is 18.8 Å². The van der Waals surface area contributed by atoms with Crippen molar-refractivity contribution in [2.75, 3.05) is 13.8 Å². The highest BCUT2D eigenvalue weighted by Crippen LogP contribution is 2.32. The minimum Gasteiger partial charge on any atom is -0.454 e. The van der Waals surface area contributed by atoms with E-state index in [1.807, 2.05) is 18.2 Å². The van der Waals surface area contributed by atoms with Gasteiger partial charge in [-0.3, -0.25) is 9.59 Å². The van der Waals surface area contributed by atoms with Crippen molar-refractivity contribution >= 4 is 16.9 Å². The first-order valence-electron chi connectivity index (χ1n) is 7.79. The molecule has 1 aliphatic heterocycles. The molecule has 0 saturated carbocycles. The Kier molecular flexibility index (Phi) is 3.65. The van der Waals surface area contributed by atoms with E-state index >= 15 is 0 Å². The summed E-state index contributed by atoms with van der Waals surface area (Å²) in [7, 11) is 1.65. The molecule has 1 amide bonds. The molecule has 6 nitrogen and oxygen atoms in total. The molecule has 0 fully saturated rings. The van der Waals surface area contributed by atoms with Gasteiger partial charge in [-0.1, -0.05) is 18.2 Å². The van der Waals surface area contributed by atoms with E-state index in [0.29, 0.717) is 29.0 Å². The second-order valence-electron chi connectivity index (χ2n) is 5.82. The van der Waals surface area contributed by atoms with Gasteiger partial charge in [-0.05, 0) is 29.8 Å². The molecule has 0 aliphatic carbocycles. The molecule has 0 unspecified atom stereocenters. The predicted octanol–water partition coefficient (Wildman–Crippen LogP) is 2.79. The Morgan fingerprint density at radius 3 is 2.76 bits per heavy atom. The molecule has 6 heteroatoms. The smallest absolute Gasteiger partial charge is 0.289 e. The standard InChI is InChI=1S/C19H15NO5/c1-20(10-12-6-7-16-17(8-12)24-11-23-16)19(22)18-9-14(21)13-4-2-3-5-15(13)25-18/h2-9H,10-11H2,1H3. The summed E-state index contributed by atoms with van der Waals surface area (Å²) in [6, 6.07) is 13.6. The molecule has 0 spiro atoms. The average molecular weight is 337 g/mol. The lowest BCUT2D eigenvalue weighted by Crippen LogP contribution is -2.27. The van der Waals surface area contributed by atoms with Crippen molar-refractivity contribution in [3.05, 3.63) is 70.1 Å². The number of nitrogens with zero attached hydrogens (tertiary/aromatic N) is 1. The van der Waals surface area contributed by atoms with Crippen molar-refractivity contribution < 1.29 is 18.7 Å². The zero-order valence-electron chi connectivity index (χ0n) is 13.5. The lowest BCUT2D eigenvalue weighted by atomic mass is 10.2. The van der Waals surface area contributed by atoms with E-state index in [-0.39, 0.29) is 23.9 Å². The van der Waals surface area contributed by atoms with Gasteiger partial charge >= 0.3 is 0 Å². The Bertz CT molecular complexity index is 1020. The largest absolute Gasteiger partial charge is 0.454 e. The van der Waals surface area contributed by atoms with Crippen LogP contribution in [0.4, 0.5) is 0 Å². The summed E-state index contributed by atoms with van der Waals surface area (Å²) in [5.41, 5.74) is 1.06. The van der Waals surface area contributed by atoms with Gasteiger partial charge in [0.2, 0.25) is 6.79 Å². The van der Waals surface area contributed by atoms with Crippen LogP contribution in [0.2, 0.25) is 0 Å². The molecule has 0 saturated heterocycles. The first-order valence-corrected chi connectivity index (χ1v) is 7.79. The van der Waals surface area contributed by atoms with E-state index in [0.717, 1.165) is 5.56 Å². The quantitative estimate of drug-likeness (QED) is 0.735. The van der Waals surface area contributed by atoms with Gasteiger partial charge in [-0.25, -0.2) is 0 Å². The maximum absolute atomic E-state index is 12.6. The summed E-state index contributed by atoms with van der Waals surface area (Å²) in [5.74, 6) is 1.02. The fraction of sp³-hybridized carbons (Fsp3) is 0.158. The molecule has 0 N–H and O–H groups in total. The molecular formula is C19H15NO5. The number of benzene rings is 2. The third-order valence-electron chi connectivity index (χ3n) is 4.05. The zero-order chi connectivity index (χ0) is 17.4. The first-order chi connectivity index (χ1) is 12.1. The van der Waals surface area contributed by atoms with Crippen molar-refractivity contribution in [2.45, 2.75) is 6.54 Å². The third-order valence-corrected chi connectivity index (χ3v) is 4.05. The molecule has 2 aromatic carbocycles. The van der Waals surface area contributed by atoms with Crippen LogP contribution < -0.4 is 14.9 Å².